The van der Waals surface area contributed by atoms with Gasteiger partial charge in [0.05, 0.1) is 5.92 Å². The Bertz CT molecular complexity index is 465. The zero-order chi connectivity index (χ0) is 15.3. The lowest BCUT2D eigenvalue weighted by Crippen LogP contribution is -2.48. The minimum absolute atomic E-state index is 0.0119. The van der Waals surface area contributed by atoms with E-state index in [1.807, 2.05) is 0 Å². The Morgan fingerprint density at radius 1 is 1.45 bits per heavy atom. The van der Waals surface area contributed by atoms with Crippen LogP contribution in [0.5, 0.6) is 0 Å². The fourth-order valence-electron chi connectivity index (χ4n) is 2.05. The number of aliphatic carboxylic acids is 1. The topological polar surface area (TPSA) is 107 Å². The Morgan fingerprint density at radius 2 is 2.10 bits per heavy atom. The molecule has 1 unspecified atom stereocenters. The van der Waals surface area contributed by atoms with Crippen LogP contribution in [0.3, 0.4) is 0 Å². The number of nitrogens with one attached hydrogen (secondary N) is 1. The largest absolute Gasteiger partial charge is 0.481 e. The molecule has 1 rings (SSSR count). The first-order chi connectivity index (χ1) is 9.28. The van der Waals surface area contributed by atoms with Crippen molar-refractivity contribution in [2.45, 2.75) is 19.3 Å². The van der Waals surface area contributed by atoms with Gasteiger partial charge in [-0.05, 0) is 12.8 Å². The lowest BCUT2D eigenvalue weighted by molar-refractivity contribution is -0.142. The normalized spacial score (nSPS) is 20.9. The molecule has 1 heterocycles. The van der Waals surface area contributed by atoms with Crippen molar-refractivity contribution in [1.29, 1.82) is 0 Å². The number of piperidine rings is 1. The van der Waals surface area contributed by atoms with Gasteiger partial charge in [-0.25, -0.2) is 0 Å². The molecule has 1 aliphatic heterocycles. The number of carboxylic acid groups (broad SMARTS) is 1. The molecule has 0 saturated carbocycles. The average molecular weight is 307 g/mol. The molecule has 0 spiro atoms. The number of hydrogen-bond donors (Lipinski definition) is 2. The van der Waals surface area contributed by atoms with Crippen LogP contribution in [0.1, 0.15) is 19.3 Å². The van der Waals surface area contributed by atoms with Crippen molar-refractivity contribution < 1.29 is 23.1 Å². The van der Waals surface area contributed by atoms with Gasteiger partial charge in [-0.15, -0.1) is 0 Å². The predicted octanol–water partition coefficient (Wildman–Crippen LogP) is -0.904. The van der Waals surface area contributed by atoms with Crippen LogP contribution in [-0.4, -0.2) is 67.7 Å². The van der Waals surface area contributed by atoms with Gasteiger partial charge in [-0.3, -0.25) is 9.59 Å². The number of hydrogen-bond acceptors (Lipinski definition) is 4. The van der Waals surface area contributed by atoms with Crippen LogP contribution in [0.25, 0.3) is 0 Å². The predicted molar refractivity (Wildman–Crippen MR) is 72.2 cm³/mol. The van der Waals surface area contributed by atoms with Crippen LogP contribution in [0, 0.1) is 5.92 Å². The average Bonchev–Trinajstić information content (AvgIpc) is 2.44. The standard InChI is InChI=1S/C11H21N3O5S/c1-12-10(15)5-7-13(2)20(18,19)14-6-3-4-9(8-14)11(16)17/h9H,3-8H2,1-2H3,(H,12,15)(H,16,17). The molecule has 8 nitrogen and oxygen atoms in total. The van der Waals surface area contributed by atoms with Gasteiger partial charge in [0.2, 0.25) is 5.91 Å². The number of carbonyl (C=O) groups excluding carboxylic acids is 1. The van der Waals surface area contributed by atoms with Crippen LogP contribution in [0.4, 0.5) is 0 Å². The molecule has 0 aliphatic carbocycles. The molecular weight excluding hydrogens is 286 g/mol. The highest BCUT2D eigenvalue weighted by atomic mass is 32.2. The maximum atomic E-state index is 12.3. The van der Waals surface area contributed by atoms with Crippen LogP contribution >= 0.6 is 0 Å². The highest BCUT2D eigenvalue weighted by molar-refractivity contribution is 7.86. The summed E-state index contributed by atoms with van der Waals surface area (Å²) in [5.74, 6) is -1.88. The van der Waals surface area contributed by atoms with Crippen molar-refractivity contribution in [3.05, 3.63) is 0 Å². The lowest BCUT2D eigenvalue weighted by atomic mass is 10.0. The lowest BCUT2D eigenvalue weighted by Gasteiger charge is -2.32. The quantitative estimate of drug-likeness (QED) is 0.661. The minimum Gasteiger partial charge on any atom is -0.481 e. The van der Waals surface area contributed by atoms with E-state index in [2.05, 4.69) is 5.32 Å². The third-order valence-corrected chi connectivity index (χ3v) is 5.34. The van der Waals surface area contributed by atoms with Crippen molar-refractivity contribution >= 4 is 22.1 Å². The molecule has 2 N–H and O–H groups in total. The summed E-state index contributed by atoms with van der Waals surface area (Å²) in [6.45, 7) is 0.370. The summed E-state index contributed by atoms with van der Waals surface area (Å²) in [4.78, 5) is 22.1. The van der Waals surface area contributed by atoms with Crippen molar-refractivity contribution in [3.8, 4) is 0 Å². The Balaban J connectivity index is 2.67. The summed E-state index contributed by atoms with van der Waals surface area (Å²) in [7, 11) is -0.832. The summed E-state index contributed by atoms with van der Waals surface area (Å²) in [6, 6.07) is 0. The molecule has 0 radical (unpaired) electrons. The molecule has 1 amide bonds. The smallest absolute Gasteiger partial charge is 0.307 e. The third-order valence-electron chi connectivity index (χ3n) is 3.39. The molecular formula is C11H21N3O5S. The van der Waals surface area contributed by atoms with E-state index in [1.54, 1.807) is 0 Å². The van der Waals surface area contributed by atoms with Crippen LogP contribution in [-0.2, 0) is 19.8 Å². The molecule has 1 aliphatic rings. The monoisotopic (exact) mass is 307 g/mol. The van der Waals surface area contributed by atoms with E-state index in [0.717, 1.165) is 4.31 Å². The summed E-state index contributed by atoms with van der Waals surface area (Å²) in [6.07, 6.45) is 1.09. The van der Waals surface area contributed by atoms with E-state index in [9.17, 15) is 18.0 Å². The van der Waals surface area contributed by atoms with Gasteiger partial charge in [-0.2, -0.15) is 17.0 Å². The molecule has 9 heteroatoms. The zero-order valence-electron chi connectivity index (χ0n) is 11.7. The van der Waals surface area contributed by atoms with E-state index >= 15 is 0 Å². The molecule has 20 heavy (non-hydrogen) atoms. The van der Waals surface area contributed by atoms with E-state index < -0.39 is 22.1 Å². The maximum Gasteiger partial charge on any atom is 0.307 e. The maximum absolute atomic E-state index is 12.3. The van der Waals surface area contributed by atoms with Crippen LogP contribution in [0.2, 0.25) is 0 Å². The fraction of sp³-hybridized carbons (Fsp3) is 0.818. The summed E-state index contributed by atoms with van der Waals surface area (Å²) >= 11 is 0. The van der Waals surface area contributed by atoms with Crippen molar-refractivity contribution in [2.75, 3.05) is 33.7 Å². The number of carbonyl (C=O) groups is 2. The Labute approximate surface area is 118 Å². The van der Waals surface area contributed by atoms with E-state index in [-0.39, 0.29) is 25.4 Å². The number of carboxylic acids is 1. The molecule has 0 aromatic rings. The zero-order valence-corrected chi connectivity index (χ0v) is 12.5. The molecule has 0 aromatic carbocycles. The Kier molecular flexibility index (Phi) is 5.90. The minimum atomic E-state index is -3.71. The Hall–Kier alpha value is -1.19. The fourth-order valence-corrected chi connectivity index (χ4v) is 3.49. The summed E-state index contributed by atoms with van der Waals surface area (Å²) < 4.78 is 26.8. The van der Waals surface area contributed by atoms with Gasteiger partial charge in [0.15, 0.2) is 0 Å². The summed E-state index contributed by atoms with van der Waals surface area (Å²) in [5.41, 5.74) is 0. The molecule has 0 bridgehead atoms. The van der Waals surface area contributed by atoms with Gasteiger partial charge in [0.25, 0.3) is 10.2 Å². The molecule has 116 valence electrons. The van der Waals surface area contributed by atoms with Gasteiger partial charge in [0.1, 0.15) is 0 Å². The van der Waals surface area contributed by atoms with Crippen molar-refractivity contribution in [3.63, 3.8) is 0 Å². The van der Waals surface area contributed by atoms with Gasteiger partial charge < -0.3 is 10.4 Å². The second-order valence-electron chi connectivity index (χ2n) is 4.79. The number of amides is 1. The van der Waals surface area contributed by atoms with E-state index in [1.165, 1.54) is 18.4 Å². The molecule has 1 atom stereocenters. The first kappa shape index (κ1) is 16.9. The highest BCUT2D eigenvalue weighted by Gasteiger charge is 2.34. The highest BCUT2D eigenvalue weighted by Crippen LogP contribution is 2.20. The second kappa shape index (κ2) is 7.00. The van der Waals surface area contributed by atoms with Crippen molar-refractivity contribution in [2.24, 2.45) is 5.92 Å². The van der Waals surface area contributed by atoms with Gasteiger partial charge in [-0.1, -0.05) is 0 Å². The number of nitrogens with zero attached hydrogens (tertiary/aromatic N) is 2. The van der Waals surface area contributed by atoms with Crippen molar-refractivity contribution in [1.82, 2.24) is 13.9 Å². The summed E-state index contributed by atoms with van der Waals surface area (Å²) in [5, 5.41) is 11.4. The van der Waals surface area contributed by atoms with E-state index in [4.69, 9.17) is 5.11 Å². The SMILES string of the molecule is CNC(=O)CCN(C)S(=O)(=O)N1CCCC(C(=O)O)C1. The second-order valence-corrected chi connectivity index (χ2v) is 6.82. The van der Waals surface area contributed by atoms with E-state index in [0.29, 0.717) is 19.4 Å². The molecule has 0 aromatic heterocycles. The first-order valence-corrected chi connectivity index (χ1v) is 7.83. The Morgan fingerprint density at radius 3 is 2.65 bits per heavy atom. The molecule has 1 saturated heterocycles. The third kappa shape index (κ3) is 4.15. The van der Waals surface area contributed by atoms with Crippen LogP contribution in [0.15, 0.2) is 0 Å². The first-order valence-electron chi connectivity index (χ1n) is 6.43. The van der Waals surface area contributed by atoms with Crippen LogP contribution < -0.4 is 5.32 Å². The van der Waals surface area contributed by atoms with Gasteiger partial charge >= 0.3 is 5.97 Å². The number of rotatable bonds is 6. The molecule has 1 fully saturated rings. The van der Waals surface area contributed by atoms with Gasteiger partial charge in [0, 0.05) is 40.2 Å².